The topological polar surface area (TPSA) is 58.5 Å². The standard InChI is InChI=1S/C18H29ClN4O/c1-2-20-18(23-14-15-9-10-17(19)22-13-15)21-11-6-12-24-16-7-4-3-5-8-16/h9-10,13,16H,2-8,11-12,14H2,1H3,(H2,20,21,23). The van der Waals surface area contributed by atoms with Gasteiger partial charge < -0.3 is 15.4 Å². The Hall–Kier alpha value is -1.33. The Morgan fingerprint density at radius 2 is 2.12 bits per heavy atom. The minimum Gasteiger partial charge on any atom is -0.378 e. The van der Waals surface area contributed by atoms with Crippen LogP contribution >= 0.6 is 11.6 Å². The van der Waals surface area contributed by atoms with Crippen LogP contribution in [0.15, 0.2) is 23.3 Å². The summed E-state index contributed by atoms with van der Waals surface area (Å²) in [5.74, 6) is 0.824. The monoisotopic (exact) mass is 352 g/mol. The van der Waals surface area contributed by atoms with Gasteiger partial charge in [0.15, 0.2) is 5.96 Å². The van der Waals surface area contributed by atoms with Crippen molar-refractivity contribution in [2.24, 2.45) is 4.99 Å². The number of nitrogens with zero attached hydrogens (tertiary/aromatic N) is 2. The van der Waals surface area contributed by atoms with Crippen molar-refractivity contribution in [3.63, 3.8) is 0 Å². The third-order valence-electron chi connectivity index (χ3n) is 4.07. The Morgan fingerprint density at radius 1 is 1.29 bits per heavy atom. The van der Waals surface area contributed by atoms with Crippen LogP contribution in [0.5, 0.6) is 0 Å². The van der Waals surface area contributed by atoms with Gasteiger partial charge in [-0.2, -0.15) is 0 Å². The van der Waals surface area contributed by atoms with E-state index in [1.54, 1.807) is 12.3 Å². The smallest absolute Gasteiger partial charge is 0.191 e. The molecular weight excluding hydrogens is 324 g/mol. The Labute approximate surface area is 150 Å². The van der Waals surface area contributed by atoms with Gasteiger partial charge in [-0.15, -0.1) is 0 Å². The molecule has 0 unspecified atom stereocenters. The molecule has 134 valence electrons. The van der Waals surface area contributed by atoms with Crippen molar-refractivity contribution < 1.29 is 4.74 Å². The summed E-state index contributed by atoms with van der Waals surface area (Å²) < 4.78 is 5.94. The van der Waals surface area contributed by atoms with E-state index in [-0.39, 0.29) is 0 Å². The molecule has 0 aliphatic heterocycles. The van der Waals surface area contributed by atoms with E-state index in [0.717, 1.165) is 37.6 Å². The van der Waals surface area contributed by atoms with E-state index in [4.69, 9.17) is 16.3 Å². The first-order chi connectivity index (χ1) is 11.8. The fourth-order valence-electron chi connectivity index (χ4n) is 2.77. The number of ether oxygens (including phenoxy) is 1. The number of hydrogen-bond acceptors (Lipinski definition) is 3. The van der Waals surface area contributed by atoms with E-state index >= 15 is 0 Å². The van der Waals surface area contributed by atoms with Crippen LogP contribution in [-0.2, 0) is 11.3 Å². The highest BCUT2D eigenvalue weighted by Crippen LogP contribution is 2.20. The van der Waals surface area contributed by atoms with E-state index < -0.39 is 0 Å². The summed E-state index contributed by atoms with van der Waals surface area (Å²) in [5, 5.41) is 7.11. The van der Waals surface area contributed by atoms with Gasteiger partial charge in [0.05, 0.1) is 12.6 Å². The summed E-state index contributed by atoms with van der Waals surface area (Å²) in [7, 11) is 0. The molecule has 1 saturated carbocycles. The number of halogens is 1. The third kappa shape index (κ3) is 7.49. The molecule has 2 N–H and O–H groups in total. The second kappa shape index (κ2) is 11.3. The van der Waals surface area contributed by atoms with E-state index in [2.05, 4.69) is 27.5 Å². The van der Waals surface area contributed by atoms with Crippen LogP contribution in [0.4, 0.5) is 0 Å². The molecule has 0 spiro atoms. The fraction of sp³-hybridized carbons (Fsp3) is 0.667. The molecule has 1 fully saturated rings. The lowest BCUT2D eigenvalue weighted by atomic mass is 9.98. The zero-order valence-electron chi connectivity index (χ0n) is 14.6. The van der Waals surface area contributed by atoms with Gasteiger partial charge in [0.25, 0.3) is 0 Å². The largest absolute Gasteiger partial charge is 0.378 e. The van der Waals surface area contributed by atoms with Crippen LogP contribution in [0.2, 0.25) is 5.15 Å². The minimum atomic E-state index is 0.484. The second-order valence-corrected chi connectivity index (χ2v) is 6.48. The van der Waals surface area contributed by atoms with Crippen molar-refractivity contribution in [2.75, 3.05) is 19.7 Å². The van der Waals surface area contributed by atoms with E-state index in [0.29, 0.717) is 17.8 Å². The molecule has 1 aromatic rings. The number of aromatic nitrogens is 1. The number of rotatable bonds is 8. The summed E-state index contributed by atoms with van der Waals surface area (Å²) in [4.78, 5) is 8.64. The molecule has 1 aliphatic carbocycles. The van der Waals surface area contributed by atoms with E-state index in [1.807, 2.05) is 6.07 Å². The lowest BCUT2D eigenvalue weighted by molar-refractivity contribution is 0.0277. The molecule has 1 aromatic heterocycles. The molecule has 0 amide bonds. The molecule has 0 aromatic carbocycles. The van der Waals surface area contributed by atoms with Crippen LogP contribution in [0, 0.1) is 0 Å². The highest BCUT2D eigenvalue weighted by atomic mass is 35.5. The molecule has 24 heavy (non-hydrogen) atoms. The second-order valence-electron chi connectivity index (χ2n) is 6.10. The first-order valence-electron chi connectivity index (χ1n) is 9.02. The average Bonchev–Trinajstić information content (AvgIpc) is 2.61. The quantitative estimate of drug-likeness (QED) is 0.325. The highest BCUT2D eigenvalue weighted by Gasteiger charge is 2.12. The average molecular weight is 353 g/mol. The number of guanidine groups is 1. The lowest BCUT2D eigenvalue weighted by Gasteiger charge is -2.22. The van der Waals surface area contributed by atoms with Crippen molar-refractivity contribution in [3.05, 3.63) is 29.0 Å². The maximum Gasteiger partial charge on any atom is 0.191 e. The van der Waals surface area contributed by atoms with Gasteiger partial charge in [-0.25, -0.2) is 9.98 Å². The molecule has 1 heterocycles. The van der Waals surface area contributed by atoms with Crippen molar-refractivity contribution in [1.82, 2.24) is 15.6 Å². The molecule has 5 nitrogen and oxygen atoms in total. The van der Waals surface area contributed by atoms with Gasteiger partial charge in [0.2, 0.25) is 0 Å². The third-order valence-corrected chi connectivity index (χ3v) is 4.30. The number of hydrogen-bond donors (Lipinski definition) is 2. The zero-order chi connectivity index (χ0) is 17.0. The van der Waals surface area contributed by atoms with Gasteiger partial charge >= 0.3 is 0 Å². The predicted octanol–water partition coefficient (Wildman–Crippen LogP) is 3.53. The molecule has 2 rings (SSSR count). The Kier molecular flexibility index (Phi) is 8.92. The van der Waals surface area contributed by atoms with Crippen LogP contribution in [-0.4, -0.2) is 36.7 Å². The van der Waals surface area contributed by atoms with Crippen molar-refractivity contribution in [2.45, 2.75) is 58.1 Å². The minimum absolute atomic E-state index is 0.484. The van der Waals surface area contributed by atoms with Crippen LogP contribution in [0.25, 0.3) is 0 Å². The predicted molar refractivity (Wildman–Crippen MR) is 99.5 cm³/mol. The van der Waals surface area contributed by atoms with Crippen molar-refractivity contribution in [1.29, 1.82) is 0 Å². The van der Waals surface area contributed by atoms with Gasteiger partial charge in [-0.1, -0.05) is 36.9 Å². The molecule has 0 saturated heterocycles. The molecule has 1 aliphatic rings. The molecule has 0 radical (unpaired) electrons. The van der Waals surface area contributed by atoms with Crippen molar-refractivity contribution >= 4 is 17.6 Å². The van der Waals surface area contributed by atoms with Crippen molar-refractivity contribution in [3.8, 4) is 0 Å². The Balaban J connectivity index is 1.66. The lowest BCUT2D eigenvalue weighted by Crippen LogP contribution is -2.38. The van der Waals surface area contributed by atoms with E-state index in [1.165, 1.54) is 32.1 Å². The summed E-state index contributed by atoms with van der Waals surface area (Å²) in [6.45, 7) is 5.16. The van der Waals surface area contributed by atoms with Gasteiger partial charge in [0.1, 0.15) is 5.15 Å². The number of aliphatic imine (C=N–C) groups is 1. The molecular formula is C18H29ClN4O. The molecule has 0 bridgehead atoms. The first kappa shape index (κ1) is 19.0. The Morgan fingerprint density at radius 3 is 2.83 bits per heavy atom. The molecule has 0 atom stereocenters. The summed E-state index contributed by atoms with van der Waals surface area (Å²) >= 11 is 5.79. The number of pyridine rings is 1. The fourth-order valence-corrected chi connectivity index (χ4v) is 2.88. The maximum atomic E-state index is 5.94. The Bertz CT molecular complexity index is 486. The van der Waals surface area contributed by atoms with Crippen LogP contribution < -0.4 is 10.6 Å². The van der Waals surface area contributed by atoms with Crippen LogP contribution in [0.3, 0.4) is 0 Å². The summed E-state index contributed by atoms with van der Waals surface area (Å²) in [6.07, 6.45) is 9.70. The van der Waals surface area contributed by atoms with Gasteiger partial charge in [0, 0.05) is 25.9 Å². The summed E-state index contributed by atoms with van der Waals surface area (Å²) in [6, 6.07) is 3.73. The van der Waals surface area contributed by atoms with Gasteiger partial charge in [-0.3, -0.25) is 0 Å². The normalized spacial score (nSPS) is 16.2. The highest BCUT2D eigenvalue weighted by molar-refractivity contribution is 6.29. The van der Waals surface area contributed by atoms with E-state index in [9.17, 15) is 0 Å². The summed E-state index contributed by atoms with van der Waals surface area (Å²) in [5.41, 5.74) is 1.04. The first-order valence-corrected chi connectivity index (χ1v) is 9.40. The van der Waals surface area contributed by atoms with Gasteiger partial charge in [-0.05, 0) is 37.8 Å². The molecule has 6 heteroatoms. The number of nitrogens with one attached hydrogen (secondary N) is 2. The zero-order valence-corrected chi connectivity index (χ0v) is 15.3. The van der Waals surface area contributed by atoms with Crippen LogP contribution in [0.1, 0.15) is 51.0 Å². The SMILES string of the molecule is CCNC(=NCc1ccc(Cl)nc1)NCCCOC1CCCCC1. The maximum absolute atomic E-state index is 5.94.